The molecule has 0 saturated heterocycles. The molecule has 94 valence electrons. The predicted molar refractivity (Wildman–Crippen MR) is 78.1 cm³/mol. The lowest BCUT2D eigenvalue weighted by molar-refractivity contribution is 1.28. The van der Waals surface area contributed by atoms with Crippen molar-refractivity contribution in [2.24, 2.45) is 5.10 Å². The van der Waals surface area contributed by atoms with Crippen LogP contribution in [0.15, 0.2) is 35.6 Å². The molecule has 0 aliphatic carbocycles. The first-order valence-electron chi connectivity index (χ1n) is 5.16. The van der Waals surface area contributed by atoms with Gasteiger partial charge in [-0.2, -0.15) is 5.10 Å². The quantitative estimate of drug-likeness (QED) is 0.620. The average molecular weight is 303 g/mol. The van der Waals surface area contributed by atoms with Gasteiger partial charge in [-0.25, -0.2) is 0 Å². The molecule has 2 aromatic rings. The van der Waals surface area contributed by atoms with Crippen molar-refractivity contribution in [3.8, 4) is 0 Å². The number of anilines is 1. The van der Waals surface area contributed by atoms with E-state index in [-0.39, 0.29) is 0 Å². The lowest BCUT2D eigenvalue weighted by Gasteiger charge is -2.07. The summed E-state index contributed by atoms with van der Waals surface area (Å²) in [5, 5.41) is 5.55. The number of aromatic amines is 1. The van der Waals surface area contributed by atoms with Gasteiger partial charge in [-0.05, 0) is 31.2 Å². The molecule has 1 aromatic heterocycles. The van der Waals surface area contributed by atoms with E-state index in [0.29, 0.717) is 20.8 Å². The van der Waals surface area contributed by atoms with Gasteiger partial charge >= 0.3 is 0 Å². The van der Waals surface area contributed by atoms with E-state index in [1.165, 1.54) is 0 Å². The Morgan fingerprint density at radius 3 is 2.44 bits per heavy atom. The molecule has 0 fully saturated rings. The van der Waals surface area contributed by atoms with E-state index in [4.69, 9.17) is 34.8 Å². The van der Waals surface area contributed by atoms with E-state index in [2.05, 4.69) is 15.5 Å². The SMILES string of the molecule is C/C(=N\Nc1c(Cl)cc(Cl)cc1Cl)c1ccc[nH]1. The van der Waals surface area contributed by atoms with Crippen molar-refractivity contribution < 1.29 is 0 Å². The first-order valence-corrected chi connectivity index (χ1v) is 6.30. The summed E-state index contributed by atoms with van der Waals surface area (Å²) in [6.07, 6.45) is 1.83. The molecule has 0 radical (unpaired) electrons. The van der Waals surface area contributed by atoms with Crippen LogP contribution >= 0.6 is 34.8 Å². The Morgan fingerprint density at radius 2 is 1.89 bits per heavy atom. The second kappa shape index (κ2) is 5.65. The van der Waals surface area contributed by atoms with Crippen molar-refractivity contribution in [3.63, 3.8) is 0 Å². The second-order valence-electron chi connectivity index (χ2n) is 3.64. The van der Waals surface area contributed by atoms with Gasteiger partial charge in [0, 0.05) is 11.2 Å². The number of nitrogens with zero attached hydrogens (tertiary/aromatic N) is 1. The van der Waals surface area contributed by atoms with Crippen LogP contribution < -0.4 is 5.43 Å². The standard InChI is InChI=1S/C12H10Cl3N3/c1-7(11-3-2-4-16-11)17-18-12-9(14)5-8(13)6-10(12)15/h2-6,16,18H,1H3/b17-7+. The van der Waals surface area contributed by atoms with Crippen LogP contribution in [0.5, 0.6) is 0 Å². The molecule has 0 bridgehead atoms. The Labute approximate surface area is 120 Å². The van der Waals surface area contributed by atoms with Crippen LogP contribution in [0, 0.1) is 0 Å². The zero-order valence-corrected chi connectivity index (χ0v) is 11.7. The molecular weight excluding hydrogens is 293 g/mol. The summed E-state index contributed by atoms with van der Waals surface area (Å²) in [5.74, 6) is 0. The van der Waals surface area contributed by atoms with E-state index >= 15 is 0 Å². The molecule has 0 aliphatic rings. The fraction of sp³-hybridized carbons (Fsp3) is 0.0833. The highest BCUT2D eigenvalue weighted by molar-refractivity contribution is 6.41. The maximum Gasteiger partial charge on any atom is 0.0935 e. The molecule has 0 spiro atoms. The Hall–Kier alpha value is -1.16. The Bertz CT molecular complexity index is 553. The highest BCUT2D eigenvalue weighted by atomic mass is 35.5. The summed E-state index contributed by atoms with van der Waals surface area (Å²) in [6, 6.07) is 7.04. The Kier molecular flexibility index (Phi) is 4.17. The fourth-order valence-corrected chi connectivity index (χ4v) is 2.31. The molecule has 18 heavy (non-hydrogen) atoms. The number of hydrogen-bond acceptors (Lipinski definition) is 2. The van der Waals surface area contributed by atoms with Crippen LogP contribution in [0.2, 0.25) is 15.1 Å². The number of halogens is 3. The van der Waals surface area contributed by atoms with Gasteiger partial charge in [0.1, 0.15) is 0 Å². The highest BCUT2D eigenvalue weighted by Gasteiger charge is 2.07. The van der Waals surface area contributed by atoms with Gasteiger partial charge in [0.25, 0.3) is 0 Å². The smallest absolute Gasteiger partial charge is 0.0935 e. The summed E-state index contributed by atoms with van der Waals surface area (Å²) in [6.45, 7) is 1.87. The summed E-state index contributed by atoms with van der Waals surface area (Å²) in [5.41, 5.74) is 5.09. The predicted octanol–water partition coefficient (Wildman–Crippen LogP) is 4.81. The van der Waals surface area contributed by atoms with Crippen LogP contribution in [-0.4, -0.2) is 10.7 Å². The van der Waals surface area contributed by atoms with Gasteiger partial charge in [-0.3, -0.25) is 5.43 Å². The van der Waals surface area contributed by atoms with Crippen LogP contribution in [0.3, 0.4) is 0 Å². The number of H-pyrrole nitrogens is 1. The number of benzene rings is 1. The molecule has 1 aromatic carbocycles. The van der Waals surface area contributed by atoms with Gasteiger partial charge < -0.3 is 4.98 Å². The maximum atomic E-state index is 6.03. The van der Waals surface area contributed by atoms with Crippen molar-refractivity contribution in [2.75, 3.05) is 5.43 Å². The zero-order chi connectivity index (χ0) is 13.1. The van der Waals surface area contributed by atoms with E-state index in [0.717, 1.165) is 11.4 Å². The molecule has 2 N–H and O–H groups in total. The molecule has 0 amide bonds. The number of hydrogen-bond donors (Lipinski definition) is 2. The topological polar surface area (TPSA) is 40.2 Å². The van der Waals surface area contributed by atoms with Crippen molar-refractivity contribution in [1.82, 2.24) is 4.98 Å². The maximum absolute atomic E-state index is 6.03. The van der Waals surface area contributed by atoms with Gasteiger partial charge in [-0.15, -0.1) is 0 Å². The number of hydrazone groups is 1. The largest absolute Gasteiger partial charge is 0.360 e. The average Bonchev–Trinajstić information content (AvgIpc) is 2.80. The first-order chi connectivity index (χ1) is 8.58. The molecule has 0 unspecified atom stereocenters. The zero-order valence-electron chi connectivity index (χ0n) is 9.47. The molecule has 2 rings (SSSR count). The molecule has 6 heteroatoms. The monoisotopic (exact) mass is 301 g/mol. The van der Waals surface area contributed by atoms with E-state index < -0.39 is 0 Å². The van der Waals surface area contributed by atoms with Gasteiger partial charge in [0.2, 0.25) is 0 Å². The van der Waals surface area contributed by atoms with Crippen LogP contribution in [-0.2, 0) is 0 Å². The molecule has 0 aliphatic heterocycles. The Balaban J connectivity index is 2.23. The number of rotatable bonds is 3. The lowest BCUT2D eigenvalue weighted by atomic mass is 10.3. The van der Waals surface area contributed by atoms with Crippen molar-refractivity contribution >= 4 is 46.2 Å². The molecule has 1 heterocycles. The fourth-order valence-electron chi connectivity index (χ4n) is 1.40. The summed E-state index contributed by atoms with van der Waals surface area (Å²) in [7, 11) is 0. The number of aromatic nitrogens is 1. The minimum absolute atomic E-state index is 0.426. The van der Waals surface area contributed by atoms with Crippen molar-refractivity contribution in [2.45, 2.75) is 6.92 Å². The van der Waals surface area contributed by atoms with Gasteiger partial charge in [0.05, 0.1) is 27.1 Å². The van der Waals surface area contributed by atoms with Crippen molar-refractivity contribution in [3.05, 3.63) is 51.2 Å². The van der Waals surface area contributed by atoms with Gasteiger partial charge in [-0.1, -0.05) is 34.8 Å². The highest BCUT2D eigenvalue weighted by Crippen LogP contribution is 2.33. The third-order valence-corrected chi connectivity index (χ3v) is 3.14. The molecule has 0 saturated carbocycles. The minimum atomic E-state index is 0.426. The first kappa shape index (κ1) is 13.3. The second-order valence-corrected chi connectivity index (χ2v) is 4.89. The summed E-state index contributed by atoms with van der Waals surface area (Å²) in [4.78, 5) is 3.05. The van der Waals surface area contributed by atoms with Crippen LogP contribution in [0.1, 0.15) is 12.6 Å². The molecule has 0 atom stereocenters. The van der Waals surface area contributed by atoms with E-state index in [1.54, 1.807) is 12.1 Å². The van der Waals surface area contributed by atoms with Gasteiger partial charge in [0.15, 0.2) is 0 Å². The molecule has 3 nitrogen and oxygen atoms in total. The van der Waals surface area contributed by atoms with E-state index in [9.17, 15) is 0 Å². The summed E-state index contributed by atoms with van der Waals surface area (Å²) >= 11 is 17.9. The molecular formula is C12H10Cl3N3. The van der Waals surface area contributed by atoms with E-state index in [1.807, 2.05) is 25.3 Å². The van der Waals surface area contributed by atoms with Crippen LogP contribution in [0.4, 0.5) is 5.69 Å². The normalized spacial score (nSPS) is 11.7. The lowest BCUT2D eigenvalue weighted by Crippen LogP contribution is -2.00. The third kappa shape index (κ3) is 2.99. The Morgan fingerprint density at radius 1 is 1.22 bits per heavy atom. The summed E-state index contributed by atoms with van der Waals surface area (Å²) < 4.78 is 0. The number of nitrogens with one attached hydrogen (secondary N) is 2. The van der Waals surface area contributed by atoms with Crippen molar-refractivity contribution in [1.29, 1.82) is 0 Å². The van der Waals surface area contributed by atoms with Crippen LogP contribution in [0.25, 0.3) is 0 Å². The minimum Gasteiger partial charge on any atom is -0.360 e. The third-order valence-electron chi connectivity index (χ3n) is 2.33.